The van der Waals surface area contributed by atoms with E-state index in [9.17, 15) is 9.18 Å². The monoisotopic (exact) mass is 345 g/mol. The summed E-state index contributed by atoms with van der Waals surface area (Å²) in [6.45, 7) is 5.49. The Labute approximate surface area is 127 Å². The van der Waals surface area contributed by atoms with Gasteiger partial charge < -0.3 is 10.4 Å². The lowest BCUT2D eigenvalue weighted by molar-refractivity contribution is -0.137. The highest BCUT2D eigenvalue weighted by Gasteiger charge is 2.18. The van der Waals surface area contributed by atoms with Crippen LogP contribution in [-0.2, 0) is 11.3 Å². The van der Waals surface area contributed by atoms with Gasteiger partial charge in [-0.3, -0.25) is 4.79 Å². The summed E-state index contributed by atoms with van der Waals surface area (Å²) >= 11 is 3.23. The van der Waals surface area contributed by atoms with E-state index in [1.54, 1.807) is 6.07 Å². The van der Waals surface area contributed by atoms with Crippen molar-refractivity contribution in [1.82, 2.24) is 5.32 Å². The molecule has 0 bridgehead atoms. The second-order valence-corrected chi connectivity index (χ2v) is 6.49. The number of benzene rings is 1. The van der Waals surface area contributed by atoms with E-state index < -0.39 is 5.97 Å². The summed E-state index contributed by atoms with van der Waals surface area (Å²) in [7, 11) is 0. The minimum absolute atomic E-state index is 0.00937. The molecular weight excluding hydrogens is 325 g/mol. The standard InChI is InChI=1S/C15H21BrFNO2/c1-15(2,7-6-13(19)20)8-9-18-10-11-4-3-5-12(17)14(11)16/h3-5,18H,6-10H2,1-2H3,(H,19,20). The van der Waals surface area contributed by atoms with Gasteiger partial charge in [-0.1, -0.05) is 26.0 Å². The van der Waals surface area contributed by atoms with E-state index >= 15 is 0 Å². The third-order valence-electron chi connectivity index (χ3n) is 3.34. The number of nitrogens with one attached hydrogen (secondary N) is 1. The predicted molar refractivity (Wildman–Crippen MR) is 81.1 cm³/mol. The zero-order valence-corrected chi connectivity index (χ0v) is 13.5. The molecule has 0 aromatic heterocycles. The number of hydrogen-bond acceptors (Lipinski definition) is 2. The normalized spacial score (nSPS) is 11.6. The SMILES string of the molecule is CC(C)(CCNCc1cccc(F)c1Br)CCC(=O)O. The van der Waals surface area contributed by atoms with Gasteiger partial charge in [-0.2, -0.15) is 0 Å². The summed E-state index contributed by atoms with van der Waals surface area (Å²) in [5.41, 5.74) is 0.873. The Morgan fingerprint density at radius 1 is 1.40 bits per heavy atom. The third-order valence-corrected chi connectivity index (χ3v) is 4.23. The molecule has 1 aromatic carbocycles. The molecule has 0 atom stereocenters. The molecule has 0 aliphatic rings. The lowest BCUT2D eigenvalue weighted by atomic mass is 9.84. The fraction of sp³-hybridized carbons (Fsp3) is 0.533. The van der Waals surface area contributed by atoms with Crippen LogP contribution in [0.4, 0.5) is 4.39 Å². The molecule has 0 spiro atoms. The van der Waals surface area contributed by atoms with E-state index in [0.717, 1.165) is 18.5 Å². The third kappa shape index (κ3) is 6.01. The number of hydrogen-bond donors (Lipinski definition) is 2. The van der Waals surface area contributed by atoms with Crippen molar-refractivity contribution in [2.75, 3.05) is 6.54 Å². The highest BCUT2D eigenvalue weighted by molar-refractivity contribution is 9.10. The first kappa shape index (κ1) is 17.1. The topological polar surface area (TPSA) is 49.3 Å². The van der Waals surface area contributed by atoms with E-state index in [4.69, 9.17) is 5.11 Å². The minimum atomic E-state index is -0.755. The minimum Gasteiger partial charge on any atom is -0.481 e. The maximum Gasteiger partial charge on any atom is 0.303 e. The van der Waals surface area contributed by atoms with E-state index in [1.165, 1.54) is 6.07 Å². The van der Waals surface area contributed by atoms with Gasteiger partial charge >= 0.3 is 5.97 Å². The van der Waals surface area contributed by atoms with Gasteiger partial charge in [0, 0.05) is 13.0 Å². The Balaban J connectivity index is 2.34. The van der Waals surface area contributed by atoms with E-state index in [1.807, 2.05) is 6.07 Å². The Bertz CT molecular complexity index is 463. The highest BCUT2D eigenvalue weighted by Crippen LogP contribution is 2.26. The van der Waals surface area contributed by atoms with E-state index in [0.29, 0.717) is 17.4 Å². The van der Waals surface area contributed by atoms with Crippen molar-refractivity contribution < 1.29 is 14.3 Å². The molecule has 0 aliphatic carbocycles. The Morgan fingerprint density at radius 3 is 2.75 bits per heavy atom. The predicted octanol–water partition coefficient (Wildman–Crippen LogP) is 3.96. The van der Waals surface area contributed by atoms with Crippen LogP contribution >= 0.6 is 15.9 Å². The van der Waals surface area contributed by atoms with Crippen molar-refractivity contribution >= 4 is 21.9 Å². The Hall–Kier alpha value is -0.940. The number of aliphatic carboxylic acids is 1. The second-order valence-electron chi connectivity index (χ2n) is 5.70. The average Bonchev–Trinajstić information content (AvgIpc) is 2.37. The van der Waals surface area contributed by atoms with Crippen LogP contribution in [-0.4, -0.2) is 17.6 Å². The quantitative estimate of drug-likeness (QED) is 0.701. The molecule has 5 heteroatoms. The van der Waals surface area contributed by atoms with Gasteiger partial charge in [-0.15, -0.1) is 0 Å². The summed E-state index contributed by atoms with van der Waals surface area (Å²) in [6.07, 6.45) is 1.74. The Kier molecular flexibility index (Phi) is 6.62. The van der Waals surface area contributed by atoms with Crippen LogP contribution in [0.25, 0.3) is 0 Å². The van der Waals surface area contributed by atoms with Crippen molar-refractivity contribution in [2.45, 2.75) is 39.7 Å². The lowest BCUT2D eigenvalue weighted by Crippen LogP contribution is -2.23. The van der Waals surface area contributed by atoms with Gasteiger partial charge in [-0.25, -0.2) is 4.39 Å². The number of carboxylic acid groups (broad SMARTS) is 1. The molecule has 0 fully saturated rings. The number of halogens is 2. The number of rotatable bonds is 8. The smallest absolute Gasteiger partial charge is 0.303 e. The van der Waals surface area contributed by atoms with E-state index in [2.05, 4.69) is 35.1 Å². The molecule has 0 heterocycles. The molecule has 0 unspecified atom stereocenters. The maximum absolute atomic E-state index is 13.3. The highest BCUT2D eigenvalue weighted by atomic mass is 79.9. The van der Waals surface area contributed by atoms with Crippen LogP contribution in [0.3, 0.4) is 0 Å². The van der Waals surface area contributed by atoms with Crippen molar-refractivity contribution in [1.29, 1.82) is 0 Å². The van der Waals surface area contributed by atoms with E-state index in [-0.39, 0.29) is 17.7 Å². The van der Waals surface area contributed by atoms with Crippen molar-refractivity contribution in [3.63, 3.8) is 0 Å². The first-order valence-electron chi connectivity index (χ1n) is 6.67. The summed E-state index contributed by atoms with van der Waals surface area (Å²) in [5.74, 6) is -1.01. The summed E-state index contributed by atoms with van der Waals surface area (Å²) in [5, 5.41) is 12.0. The molecule has 0 saturated heterocycles. The van der Waals surface area contributed by atoms with Crippen molar-refractivity contribution in [3.05, 3.63) is 34.1 Å². The van der Waals surface area contributed by atoms with Gasteiger partial charge in [0.05, 0.1) is 4.47 Å². The average molecular weight is 346 g/mol. The van der Waals surface area contributed by atoms with Gasteiger partial charge in [0.15, 0.2) is 0 Å². The summed E-state index contributed by atoms with van der Waals surface area (Å²) in [6, 6.07) is 4.98. The van der Waals surface area contributed by atoms with Crippen LogP contribution in [0.1, 0.15) is 38.7 Å². The lowest BCUT2D eigenvalue weighted by Gasteiger charge is -2.24. The fourth-order valence-electron chi connectivity index (χ4n) is 1.91. The van der Waals surface area contributed by atoms with Crippen LogP contribution in [0, 0.1) is 11.2 Å². The molecule has 0 radical (unpaired) electrons. The molecule has 1 aromatic rings. The summed E-state index contributed by atoms with van der Waals surface area (Å²) in [4.78, 5) is 10.6. The van der Waals surface area contributed by atoms with Gasteiger partial charge in [-0.05, 0) is 52.4 Å². The molecule has 0 aliphatic heterocycles. The number of carbonyl (C=O) groups is 1. The molecule has 20 heavy (non-hydrogen) atoms. The zero-order valence-electron chi connectivity index (χ0n) is 11.9. The van der Waals surface area contributed by atoms with Crippen LogP contribution in [0.15, 0.2) is 22.7 Å². The van der Waals surface area contributed by atoms with Gasteiger partial charge in [0.2, 0.25) is 0 Å². The zero-order chi connectivity index (χ0) is 15.2. The molecule has 0 saturated carbocycles. The Morgan fingerprint density at radius 2 is 2.10 bits per heavy atom. The molecular formula is C15H21BrFNO2. The van der Waals surface area contributed by atoms with Crippen molar-refractivity contribution in [3.8, 4) is 0 Å². The molecule has 1 rings (SSSR count). The van der Waals surface area contributed by atoms with Crippen molar-refractivity contribution in [2.24, 2.45) is 5.41 Å². The maximum atomic E-state index is 13.3. The van der Waals surface area contributed by atoms with Crippen LogP contribution in [0.5, 0.6) is 0 Å². The fourth-order valence-corrected chi connectivity index (χ4v) is 2.31. The van der Waals surface area contributed by atoms with Crippen LogP contribution in [0.2, 0.25) is 0 Å². The first-order valence-corrected chi connectivity index (χ1v) is 7.46. The largest absolute Gasteiger partial charge is 0.481 e. The first-order chi connectivity index (χ1) is 9.32. The molecule has 2 N–H and O–H groups in total. The van der Waals surface area contributed by atoms with Gasteiger partial charge in [0.1, 0.15) is 5.82 Å². The molecule has 0 amide bonds. The number of carboxylic acids is 1. The molecule has 112 valence electrons. The molecule has 3 nitrogen and oxygen atoms in total. The summed E-state index contributed by atoms with van der Waals surface area (Å²) < 4.78 is 13.8. The van der Waals surface area contributed by atoms with Gasteiger partial charge in [0.25, 0.3) is 0 Å². The van der Waals surface area contributed by atoms with Crippen LogP contribution < -0.4 is 5.32 Å². The second kappa shape index (κ2) is 7.74.